The number of carboxylic acids is 1. The Morgan fingerprint density at radius 2 is 1.25 bits per heavy atom. The van der Waals surface area contributed by atoms with E-state index in [0.717, 1.165) is 29.7 Å². The van der Waals surface area contributed by atoms with Crippen molar-refractivity contribution in [2.75, 3.05) is 6.54 Å². The highest BCUT2D eigenvalue weighted by atomic mass is 32.2. The van der Waals surface area contributed by atoms with Crippen molar-refractivity contribution < 1.29 is 9.90 Å². The Bertz CT molecular complexity index is 818. The number of carbonyl (C=O) groups is 1. The van der Waals surface area contributed by atoms with E-state index in [-0.39, 0.29) is 0 Å². The molecule has 4 rings (SSSR count). The molecule has 1 fully saturated rings. The van der Waals surface area contributed by atoms with E-state index in [1.54, 1.807) is 11.9 Å². The number of rotatable bonds is 6. The first-order valence-electron chi connectivity index (χ1n) is 9.57. The van der Waals surface area contributed by atoms with Crippen LogP contribution in [0, 0.1) is 0 Å². The zero-order chi connectivity index (χ0) is 19.4. The second-order valence-electron chi connectivity index (χ2n) is 7.01. The first-order valence-corrected chi connectivity index (χ1v) is 10.3. The van der Waals surface area contributed by atoms with Crippen LogP contribution < -0.4 is 0 Å². The molecule has 28 heavy (non-hydrogen) atoms. The Kier molecular flexibility index (Phi) is 5.51. The molecule has 0 amide bonds. The van der Waals surface area contributed by atoms with Crippen molar-refractivity contribution >= 4 is 17.9 Å². The molecule has 1 aliphatic rings. The van der Waals surface area contributed by atoms with Crippen LogP contribution in [-0.2, 0) is 9.54 Å². The van der Waals surface area contributed by atoms with Crippen molar-refractivity contribution in [3.8, 4) is 0 Å². The molecule has 3 aromatic carbocycles. The average Bonchev–Trinajstić information content (AvgIpc) is 3.22. The van der Waals surface area contributed by atoms with Gasteiger partial charge in [0.1, 0.15) is 10.8 Å². The molecule has 1 heterocycles. The fraction of sp³-hybridized carbons (Fsp3) is 0.208. The van der Waals surface area contributed by atoms with Crippen LogP contribution in [0.25, 0.3) is 0 Å². The van der Waals surface area contributed by atoms with Crippen LogP contribution in [0.15, 0.2) is 91.0 Å². The highest BCUT2D eigenvalue weighted by Crippen LogP contribution is 2.51. The molecule has 1 atom stereocenters. The summed E-state index contributed by atoms with van der Waals surface area (Å²) in [6, 6.07) is 30.7. The van der Waals surface area contributed by atoms with E-state index in [1.807, 2.05) is 18.2 Å². The molecule has 4 heteroatoms. The Labute approximate surface area is 170 Å². The Morgan fingerprint density at radius 3 is 1.64 bits per heavy atom. The summed E-state index contributed by atoms with van der Waals surface area (Å²) in [5.74, 6) is -0.743. The van der Waals surface area contributed by atoms with Crippen LogP contribution in [0.3, 0.4) is 0 Å². The summed E-state index contributed by atoms with van der Waals surface area (Å²) in [6.45, 7) is 0.774. The van der Waals surface area contributed by atoms with E-state index in [1.165, 1.54) is 0 Å². The van der Waals surface area contributed by atoms with Gasteiger partial charge in [0.2, 0.25) is 0 Å². The Balaban J connectivity index is 1.92. The third-order valence-electron chi connectivity index (χ3n) is 5.28. The molecule has 1 unspecified atom stereocenters. The standard InChI is InChI=1S/C24H23NO2S/c26-23(27)22-17-10-18-25(22)28-24(19-11-4-1-5-12-19,20-13-6-2-7-14-20)21-15-8-3-9-16-21/h1-9,11-16,22H,10,17-18H2,(H,26,27). The van der Waals surface area contributed by atoms with Gasteiger partial charge in [-0.1, -0.05) is 103 Å². The summed E-state index contributed by atoms with van der Waals surface area (Å²) in [5, 5.41) is 9.74. The van der Waals surface area contributed by atoms with Gasteiger partial charge in [-0.05, 0) is 29.5 Å². The average molecular weight is 390 g/mol. The van der Waals surface area contributed by atoms with Crippen molar-refractivity contribution in [1.29, 1.82) is 0 Å². The van der Waals surface area contributed by atoms with Crippen LogP contribution in [-0.4, -0.2) is 28.0 Å². The maximum atomic E-state index is 11.9. The van der Waals surface area contributed by atoms with Gasteiger partial charge in [0.15, 0.2) is 0 Å². The summed E-state index contributed by atoms with van der Waals surface area (Å²) in [6.07, 6.45) is 1.59. The Morgan fingerprint density at radius 1 is 0.821 bits per heavy atom. The predicted molar refractivity (Wildman–Crippen MR) is 114 cm³/mol. The third kappa shape index (κ3) is 3.46. The number of nitrogens with zero attached hydrogens (tertiary/aromatic N) is 1. The lowest BCUT2D eigenvalue weighted by Gasteiger charge is -2.39. The van der Waals surface area contributed by atoms with Gasteiger partial charge in [0.05, 0.1) is 0 Å². The lowest BCUT2D eigenvalue weighted by Crippen LogP contribution is -2.37. The van der Waals surface area contributed by atoms with E-state index >= 15 is 0 Å². The first-order chi connectivity index (χ1) is 13.7. The fourth-order valence-electron chi connectivity index (χ4n) is 3.95. The van der Waals surface area contributed by atoms with Crippen molar-refractivity contribution in [2.24, 2.45) is 0 Å². The van der Waals surface area contributed by atoms with Gasteiger partial charge < -0.3 is 5.11 Å². The number of aliphatic carboxylic acids is 1. The first kappa shape index (κ1) is 18.8. The summed E-state index contributed by atoms with van der Waals surface area (Å²) >= 11 is 1.65. The summed E-state index contributed by atoms with van der Waals surface area (Å²) in [7, 11) is 0. The molecule has 1 aliphatic heterocycles. The molecule has 142 valence electrons. The number of carboxylic acid groups (broad SMARTS) is 1. The minimum atomic E-state index is -0.743. The molecular formula is C24H23NO2S. The van der Waals surface area contributed by atoms with Crippen molar-refractivity contribution in [2.45, 2.75) is 23.6 Å². The monoisotopic (exact) mass is 389 g/mol. The minimum absolute atomic E-state index is 0.458. The second kappa shape index (κ2) is 8.21. The van der Waals surface area contributed by atoms with E-state index in [9.17, 15) is 9.90 Å². The minimum Gasteiger partial charge on any atom is -0.480 e. The molecule has 1 saturated heterocycles. The van der Waals surface area contributed by atoms with E-state index in [4.69, 9.17) is 0 Å². The normalized spacial score (nSPS) is 17.5. The van der Waals surface area contributed by atoms with Crippen LogP contribution in [0.4, 0.5) is 0 Å². The number of benzene rings is 3. The largest absolute Gasteiger partial charge is 0.480 e. The van der Waals surface area contributed by atoms with Crippen LogP contribution in [0.2, 0.25) is 0 Å². The van der Waals surface area contributed by atoms with Crippen LogP contribution in [0.1, 0.15) is 29.5 Å². The molecule has 0 spiro atoms. The quantitative estimate of drug-likeness (QED) is 0.466. The van der Waals surface area contributed by atoms with Crippen molar-refractivity contribution in [3.63, 3.8) is 0 Å². The smallest absolute Gasteiger partial charge is 0.321 e. The topological polar surface area (TPSA) is 40.5 Å². The molecular weight excluding hydrogens is 366 g/mol. The number of hydrogen-bond donors (Lipinski definition) is 1. The van der Waals surface area contributed by atoms with Gasteiger partial charge in [0, 0.05) is 6.54 Å². The van der Waals surface area contributed by atoms with E-state index in [2.05, 4.69) is 77.1 Å². The van der Waals surface area contributed by atoms with Gasteiger partial charge in [0.25, 0.3) is 0 Å². The Hall–Kier alpha value is -2.56. The van der Waals surface area contributed by atoms with Gasteiger partial charge in [-0.25, -0.2) is 4.31 Å². The third-order valence-corrected chi connectivity index (χ3v) is 6.94. The zero-order valence-electron chi connectivity index (χ0n) is 15.6. The summed E-state index contributed by atoms with van der Waals surface area (Å²) in [4.78, 5) is 11.9. The molecule has 1 N–H and O–H groups in total. The lowest BCUT2D eigenvalue weighted by molar-refractivity contribution is -0.140. The molecule has 3 aromatic rings. The zero-order valence-corrected chi connectivity index (χ0v) is 16.4. The van der Waals surface area contributed by atoms with Crippen molar-refractivity contribution in [3.05, 3.63) is 108 Å². The maximum Gasteiger partial charge on any atom is 0.321 e. The fourth-order valence-corrected chi connectivity index (χ4v) is 5.57. The van der Waals surface area contributed by atoms with Gasteiger partial charge in [-0.2, -0.15) is 0 Å². The summed E-state index contributed by atoms with van der Waals surface area (Å²) in [5.41, 5.74) is 3.44. The van der Waals surface area contributed by atoms with Crippen LogP contribution >= 0.6 is 11.9 Å². The lowest BCUT2D eigenvalue weighted by atomic mass is 9.84. The van der Waals surface area contributed by atoms with E-state index in [0.29, 0.717) is 6.42 Å². The molecule has 0 aromatic heterocycles. The van der Waals surface area contributed by atoms with Gasteiger partial charge in [-0.15, -0.1) is 0 Å². The van der Waals surface area contributed by atoms with Gasteiger partial charge >= 0.3 is 5.97 Å². The second-order valence-corrected chi connectivity index (χ2v) is 8.27. The maximum absolute atomic E-state index is 11.9. The van der Waals surface area contributed by atoms with E-state index < -0.39 is 16.8 Å². The number of hydrogen-bond acceptors (Lipinski definition) is 3. The SMILES string of the molecule is O=C(O)C1CCCN1SC(c1ccccc1)(c1ccccc1)c1ccccc1. The summed E-state index contributed by atoms with van der Waals surface area (Å²) < 4.78 is 1.55. The molecule has 0 bridgehead atoms. The van der Waals surface area contributed by atoms with Crippen LogP contribution in [0.5, 0.6) is 0 Å². The molecule has 3 nitrogen and oxygen atoms in total. The molecule has 0 radical (unpaired) electrons. The van der Waals surface area contributed by atoms with Gasteiger partial charge in [-0.3, -0.25) is 4.79 Å². The van der Waals surface area contributed by atoms with Crippen molar-refractivity contribution in [1.82, 2.24) is 4.31 Å². The molecule has 0 aliphatic carbocycles. The predicted octanol–water partition coefficient (Wildman–Crippen LogP) is 5.18. The molecule has 0 saturated carbocycles. The highest BCUT2D eigenvalue weighted by molar-refractivity contribution is 7.98. The highest BCUT2D eigenvalue weighted by Gasteiger charge is 2.43.